The van der Waals surface area contributed by atoms with Crippen LogP contribution < -0.4 is 0 Å². The number of nitrogens with zero attached hydrogens (tertiary/aromatic N) is 1. The van der Waals surface area contributed by atoms with E-state index in [1.54, 1.807) is 0 Å². The van der Waals surface area contributed by atoms with Crippen LogP contribution in [0.25, 0.3) is 0 Å². The summed E-state index contributed by atoms with van der Waals surface area (Å²) in [5.74, 6) is 0.921. The highest BCUT2D eigenvalue weighted by Gasteiger charge is 2.19. The Bertz CT molecular complexity index is 75.0. The molecule has 1 fully saturated rings. The molecule has 54 valence electrons. The largest absolute Gasteiger partial charge is 0.303 e. The van der Waals surface area contributed by atoms with E-state index in [2.05, 4.69) is 27.8 Å². The summed E-state index contributed by atoms with van der Waals surface area (Å²) in [6, 6.07) is 0. The van der Waals surface area contributed by atoms with Gasteiger partial charge in [-0.1, -0.05) is 22.9 Å². The molecule has 0 aromatic rings. The predicted molar refractivity (Wildman–Crippen MR) is 44.0 cm³/mol. The Balaban J connectivity index is 2.20. The van der Waals surface area contributed by atoms with Crippen LogP contribution in [0.15, 0.2) is 0 Å². The van der Waals surface area contributed by atoms with Crippen LogP contribution >= 0.6 is 15.9 Å². The van der Waals surface area contributed by atoms with E-state index >= 15 is 0 Å². The van der Waals surface area contributed by atoms with Crippen LogP contribution in [-0.2, 0) is 0 Å². The van der Waals surface area contributed by atoms with Gasteiger partial charge in [-0.2, -0.15) is 0 Å². The minimum absolute atomic E-state index is 0.921. The maximum Gasteiger partial charge on any atom is 0.00723 e. The van der Waals surface area contributed by atoms with Crippen LogP contribution in [0, 0.1) is 5.92 Å². The third-order valence-electron chi connectivity index (χ3n) is 2.04. The SMILES string of the molecule is CCN1CC[C@@H](CBr)C1. The lowest BCUT2D eigenvalue weighted by molar-refractivity contribution is 0.347. The van der Waals surface area contributed by atoms with Gasteiger partial charge >= 0.3 is 0 Å². The number of likely N-dealkylation sites (tertiary alicyclic amines) is 1. The number of hydrogen-bond donors (Lipinski definition) is 0. The fraction of sp³-hybridized carbons (Fsp3) is 1.00. The van der Waals surface area contributed by atoms with Crippen molar-refractivity contribution < 1.29 is 0 Å². The molecule has 0 radical (unpaired) electrons. The molecule has 1 atom stereocenters. The fourth-order valence-electron chi connectivity index (χ4n) is 1.33. The van der Waals surface area contributed by atoms with E-state index in [1.165, 1.54) is 31.4 Å². The van der Waals surface area contributed by atoms with Gasteiger partial charge in [-0.3, -0.25) is 0 Å². The Hall–Kier alpha value is 0.440. The monoisotopic (exact) mass is 191 g/mol. The first-order valence-electron chi connectivity index (χ1n) is 3.65. The summed E-state index contributed by atoms with van der Waals surface area (Å²) in [5, 5.41) is 1.18. The van der Waals surface area contributed by atoms with E-state index in [-0.39, 0.29) is 0 Å². The maximum atomic E-state index is 3.51. The van der Waals surface area contributed by atoms with Gasteiger partial charge in [-0.15, -0.1) is 0 Å². The molecule has 0 aromatic carbocycles. The molecular weight excluding hydrogens is 178 g/mol. The van der Waals surface area contributed by atoms with Crippen molar-refractivity contribution in [2.75, 3.05) is 25.0 Å². The molecule has 2 heteroatoms. The molecule has 0 amide bonds. The lowest BCUT2D eigenvalue weighted by Crippen LogP contribution is -2.19. The van der Waals surface area contributed by atoms with Gasteiger partial charge in [-0.05, 0) is 25.4 Å². The molecule has 1 heterocycles. The maximum absolute atomic E-state index is 3.51. The van der Waals surface area contributed by atoms with Gasteiger partial charge in [0.15, 0.2) is 0 Å². The topological polar surface area (TPSA) is 3.24 Å². The number of hydrogen-bond acceptors (Lipinski definition) is 1. The van der Waals surface area contributed by atoms with Crippen molar-refractivity contribution in [2.24, 2.45) is 5.92 Å². The smallest absolute Gasteiger partial charge is 0.00723 e. The highest BCUT2D eigenvalue weighted by Crippen LogP contribution is 2.16. The molecule has 0 aliphatic carbocycles. The molecule has 1 saturated heterocycles. The first-order chi connectivity index (χ1) is 4.36. The van der Waals surface area contributed by atoms with E-state index in [4.69, 9.17) is 0 Å². The van der Waals surface area contributed by atoms with Crippen molar-refractivity contribution >= 4 is 15.9 Å². The van der Waals surface area contributed by atoms with Crippen molar-refractivity contribution in [3.63, 3.8) is 0 Å². The van der Waals surface area contributed by atoms with Crippen LogP contribution in [0.5, 0.6) is 0 Å². The van der Waals surface area contributed by atoms with Gasteiger partial charge in [0, 0.05) is 11.9 Å². The summed E-state index contributed by atoms with van der Waals surface area (Å²) in [4.78, 5) is 2.51. The van der Waals surface area contributed by atoms with Gasteiger partial charge in [0.25, 0.3) is 0 Å². The average molecular weight is 192 g/mol. The molecule has 1 aliphatic heterocycles. The van der Waals surface area contributed by atoms with Gasteiger partial charge < -0.3 is 4.90 Å². The predicted octanol–water partition coefficient (Wildman–Crippen LogP) is 1.72. The van der Waals surface area contributed by atoms with Gasteiger partial charge in [-0.25, -0.2) is 0 Å². The Kier molecular flexibility index (Phi) is 2.99. The molecule has 0 N–H and O–H groups in total. The standard InChI is InChI=1S/C7H14BrN/c1-2-9-4-3-7(5-8)6-9/h7H,2-6H2,1H3/t7-/m0/s1. The minimum Gasteiger partial charge on any atom is -0.303 e. The summed E-state index contributed by atoms with van der Waals surface area (Å²) in [5.41, 5.74) is 0. The molecule has 9 heavy (non-hydrogen) atoms. The Labute approximate surface area is 65.6 Å². The average Bonchev–Trinajstić information content (AvgIpc) is 2.34. The van der Waals surface area contributed by atoms with E-state index in [1.807, 2.05) is 0 Å². The second kappa shape index (κ2) is 3.57. The summed E-state index contributed by atoms with van der Waals surface area (Å²) in [6.07, 6.45) is 1.39. The number of halogens is 1. The second-order valence-electron chi connectivity index (χ2n) is 2.70. The number of alkyl halides is 1. The summed E-state index contributed by atoms with van der Waals surface area (Å²) in [7, 11) is 0. The van der Waals surface area contributed by atoms with E-state index in [9.17, 15) is 0 Å². The van der Waals surface area contributed by atoms with Gasteiger partial charge in [0.2, 0.25) is 0 Å². The highest BCUT2D eigenvalue weighted by molar-refractivity contribution is 9.09. The molecule has 0 bridgehead atoms. The van der Waals surface area contributed by atoms with E-state index in [0.717, 1.165) is 5.92 Å². The minimum atomic E-state index is 0.921. The van der Waals surface area contributed by atoms with Crippen molar-refractivity contribution in [1.29, 1.82) is 0 Å². The Morgan fingerprint density at radius 1 is 1.67 bits per heavy atom. The quantitative estimate of drug-likeness (QED) is 0.602. The van der Waals surface area contributed by atoms with Crippen LogP contribution in [0.1, 0.15) is 13.3 Å². The van der Waals surface area contributed by atoms with Gasteiger partial charge in [0.05, 0.1) is 0 Å². The zero-order chi connectivity index (χ0) is 6.69. The molecule has 0 saturated carbocycles. The zero-order valence-electron chi connectivity index (χ0n) is 5.94. The fourth-order valence-corrected chi connectivity index (χ4v) is 1.85. The van der Waals surface area contributed by atoms with Gasteiger partial charge in [0.1, 0.15) is 0 Å². The van der Waals surface area contributed by atoms with Crippen LogP contribution in [0.2, 0.25) is 0 Å². The van der Waals surface area contributed by atoms with Crippen molar-refractivity contribution in [2.45, 2.75) is 13.3 Å². The summed E-state index contributed by atoms with van der Waals surface area (Å²) in [6.45, 7) is 6.08. The lowest BCUT2D eigenvalue weighted by Gasteiger charge is -2.10. The van der Waals surface area contributed by atoms with Crippen molar-refractivity contribution in [3.05, 3.63) is 0 Å². The van der Waals surface area contributed by atoms with Crippen LogP contribution in [0.4, 0.5) is 0 Å². The van der Waals surface area contributed by atoms with Crippen LogP contribution in [-0.4, -0.2) is 29.9 Å². The number of rotatable bonds is 2. The lowest BCUT2D eigenvalue weighted by atomic mass is 10.2. The molecule has 1 nitrogen and oxygen atoms in total. The normalized spacial score (nSPS) is 29.3. The van der Waals surface area contributed by atoms with Crippen LogP contribution in [0.3, 0.4) is 0 Å². The van der Waals surface area contributed by atoms with Crippen molar-refractivity contribution in [3.8, 4) is 0 Å². The zero-order valence-corrected chi connectivity index (χ0v) is 7.52. The molecule has 1 aliphatic rings. The summed E-state index contributed by atoms with van der Waals surface area (Å²) >= 11 is 3.51. The van der Waals surface area contributed by atoms with E-state index in [0.29, 0.717) is 0 Å². The first kappa shape index (κ1) is 7.55. The molecular formula is C7H14BrN. The summed E-state index contributed by atoms with van der Waals surface area (Å²) < 4.78 is 0. The Morgan fingerprint density at radius 2 is 2.44 bits per heavy atom. The Morgan fingerprint density at radius 3 is 2.78 bits per heavy atom. The molecule has 1 rings (SSSR count). The molecule has 0 unspecified atom stereocenters. The third kappa shape index (κ3) is 1.94. The highest BCUT2D eigenvalue weighted by atomic mass is 79.9. The van der Waals surface area contributed by atoms with E-state index < -0.39 is 0 Å². The molecule has 0 spiro atoms. The first-order valence-corrected chi connectivity index (χ1v) is 4.77. The molecule has 0 aromatic heterocycles. The third-order valence-corrected chi connectivity index (χ3v) is 2.95. The van der Waals surface area contributed by atoms with Crippen molar-refractivity contribution in [1.82, 2.24) is 4.90 Å². The second-order valence-corrected chi connectivity index (χ2v) is 3.35.